The Labute approximate surface area is 131 Å². The fraction of sp³-hybridized carbons (Fsp3) is 0.529. The standard InChI is InChI=1S/C17H24N2O3/c1-12(2)11-22-15-7-3-5-13(9-15)17(21)19-8-4-6-14(10-19)16(18)20/h3,5,7,9,12,14H,4,6,8,10-11H2,1-2H3,(H2,18,20). The number of benzene rings is 1. The fourth-order valence-electron chi connectivity index (χ4n) is 2.56. The number of nitrogens with zero attached hydrogens (tertiary/aromatic N) is 1. The molecule has 0 radical (unpaired) electrons. The molecule has 1 saturated heterocycles. The second-order valence-electron chi connectivity index (χ2n) is 6.23. The average Bonchev–Trinajstić information content (AvgIpc) is 2.52. The third-order valence-corrected chi connectivity index (χ3v) is 3.78. The Kier molecular flexibility index (Phi) is 5.41. The molecule has 1 aliphatic heterocycles. The maximum absolute atomic E-state index is 12.6. The van der Waals surface area contributed by atoms with Gasteiger partial charge in [0.15, 0.2) is 0 Å². The Morgan fingerprint density at radius 1 is 1.41 bits per heavy atom. The summed E-state index contributed by atoms with van der Waals surface area (Å²) >= 11 is 0. The zero-order chi connectivity index (χ0) is 16.1. The maximum atomic E-state index is 12.6. The van der Waals surface area contributed by atoms with Gasteiger partial charge in [0.25, 0.3) is 5.91 Å². The smallest absolute Gasteiger partial charge is 0.254 e. The molecule has 1 unspecified atom stereocenters. The molecule has 1 heterocycles. The van der Waals surface area contributed by atoms with Crippen molar-refractivity contribution < 1.29 is 14.3 Å². The fourth-order valence-corrected chi connectivity index (χ4v) is 2.56. The van der Waals surface area contributed by atoms with Crippen molar-refractivity contribution in [2.75, 3.05) is 19.7 Å². The molecule has 1 aromatic rings. The van der Waals surface area contributed by atoms with Gasteiger partial charge < -0.3 is 15.4 Å². The van der Waals surface area contributed by atoms with Gasteiger partial charge in [-0.25, -0.2) is 0 Å². The molecular weight excluding hydrogens is 280 g/mol. The number of nitrogens with two attached hydrogens (primary N) is 1. The molecule has 22 heavy (non-hydrogen) atoms. The summed E-state index contributed by atoms with van der Waals surface area (Å²) in [6.07, 6.45) is 1.57. The Morgan fingerprint density at radius 3 is 2.86 bits per heavy atom. The van der Waals surface area contributed by atoms with Crippen LogP contribution in [0.3, 0.4) is 0 Å². The van der Waals surface area contributed by atoms with Gasteiger partial charge in [0, 0.05) is 18.7 Å². The maximum Gasteiger partial charge on any atom is 0.254 e. The molecule has 5 heteroatoms. The predicted molar refractivity (Wildman–Crippen MR) is 84.6 cm³/mol. The van der Waals surface area contributed by atoms with Gasteiger partial charge in [0.1, 0.15) is 5.75 Å². The van der Waals surface area contributed by atoms with E-state index in [4.69, 9.17) is 10.5 Å². The summed E-state index contributed by atoms with van der Waals surface area (Å²) in [6, 6.07) is 7.21. The van der Waals surface area contributed by atoms with Crippen molar-refractivity contribution >= 4 is 11.8 Å². The van der Waals surface area contributed by atoms with Gasteiger partial charge in [-0.2, -0.15) is 0 Å². The van der Waals surface area contributed by atoms with E-state index < -0.39 is 0 Å². The van der Waals surface area contributed by atoms with Gasteiger partial charge in [0.2, 0.25) is 5.91 Å². The summed E-state index contributed by atoms with van der Waals surface area (Å²) in [5.74, 6) is 0.492. The van der Waals surface area contributed by atoms with Crippen molar-refractivity contribution in [3.63, 3.8) is 0 Å². The highest BCUT2D eigenvalue weighted by Crippen LogP contribution is 2.20. The molecule has 0 aromatic heterocycles. The number of piperidine rings is 1. The molecular formula is C17H24N2O3. The molecule has 1 atom stereocenters. The lowest BCUT2D eigenvalue weighted by molar-refractivity contribution is -0.123. The van der Waals surface area contributed by atoms with E-state index in [0.717, 1.165) is 12.8 Å². The molecule has 0 spiro atoms. The summed E-state index contributed by atoms with van der Waals surface area (Å²) in [5, 5.41) is 0. The van der Waals surface area contributed by atoms with E-state index in [1.807, 2.05) is 12.1 Å². The summed E-state index contributed by atoms with van der Waals surface area (Å²) in [6.45, 7) is 5.84. The molecule has 1 aromatic carbocycles. The lowest BCUT2D eigenvalue weighted by atomic mass is 9.97. The Balaban J connectivity index is 2.05. The van der Waals surface area contributed by atoms with E-state index in [9.17, 15) is 9.59 Å². The SMILES string of the molecule is CC(C)COc1cccc(C(=O)N2CCCC(C(N)=O)C2)c1. The van der Waals surface area contributed by atoms with Gasteiger partial charge in [-0.05, 0) is 37.0 Å². The van der Waals surface area contributed by atoms with Crippen molar-refractivity contribution in [1.82, 2.24) is 4.90 Å². The molecule has 0 bridgehead atoms. The molecule has 2 rings (SSSR count). The zero-order valence-corrected chi connectivity index (χ0v) is 13.2. The van der Waals surface area contributed by atoms with Crippen molar-refractivity contribution in [2.24, 2.45) is 17.6 Å². The first-order chi connectivity index (χ1) is 10.5. The third-order valence-electron chi connectivity index (χ3n) is 3.78. The average molecular weight is 304 g/mol. The number of hydrogen-bond acceptors (Lipinski definition) is 3. The minimum Gasteiger partial charge on any atom is -0.493 e. The first-order valence-electron chi connectivity index (χ1n) is 7.79. The third kappa shape index (κ3) is 4.23. The Bertz CT molecular complexity index is 542. The van der Waals surface area contributed by atoms with Gasteiger partial charge in [-0.15, -0.1) is 0 Å². The van der Waals surface area contributed by atoms with E-state index in [1.165, 1.54) is 0 Å². The van der Waals surface area contributed by atoms with Crippen LogP contribution in [0.4, 0.5) is 0 Å². The van der Waals surface area contributed by atoms with Crippen molar-refractivity contribution in [2.45, 2.75) is 26.7 Å². The molecule has 0 aliphatic carbocycles. The van der Waals surface area contributed by atoms with Gasteiger partial charge in [0.05, 0.1) is 12.5 Å². The van der Waals surface area contributed by atoms with Crippen LogP contribution >= 0.6 is 0 Å². The minimum absolute atomic E-state index is 0.0686. The second kappa shape index (κ2) is 7.29. The topological polar surface area (TPSA) is 72.6 Å². The van der Waals surface area contributed by atoms with Crippen LogP contribution in [0.5, 0.6) is 5.75 Å². The first kappa shape index (κ1) is 16.3. The van der Waals surface area contributed by atoms with Crippen molar-refractivity contribution in [3.8, 4) is 5.75 Å². The molecule has 0 saturated carbocycles. The molecule has 1 aliphatic rings. The number of carbonyl (C=O) groups is 2. The molecule has 2 amide bonds. The lowest BCUT2D eigenvalue weighted by Gasteiger charge is -2.31. The van der Waals surface area contributed by atoms with Crippen LogP contribution in [-0.2, 0) is 4.79 Å². The zero-order valence-electron chi connectivity index (χ0n) is 13.2. The Hall–Kier alpha value is -2.04. The van der Waals surface area contributed by atoms with Crippen LogP contribution < -0.4 is 10.5 Å². The van der Waals surface area contributed by atoms with Crippen LogP contribution in [0.15, 0.2) is 24.3 Å². The molecule has 5 nitrogen and oxygen atoms in total. The second-order valence-corrected chi connectivity index (χ2v) is 6.23. The lowest BCUT2D eigenvalue weighted by Crippen LogP contribution is -2.44. The van der Waals surface area contributed by atoms with E-state index in [0.29, 0.717) is 36.9 Å². The van der Waals surface area contributed by atoms with Gasteiger partial charge >= 0.3 is 0 Å². The number of ether oxygens (including phenoxy) is 1. The predicted octanol–water partition coefficient (Wildman–Crippen LogP) is 2.06. The summed E-state index contributed by atoms with van der Waals surface area (Å²) in [7, 11) is 0. The number of likely N-dealkylation sites (tertiary alicyclic amines) is 1. The monoisotopic (exact) mass is 304 g/mol. The first-order valence-corrected chi connectivity index (χ1v) is 7.79. The highest BCUT2D eigenvalue weighted by molar-refractivity contribution is 5.95. The van der Waals surface area contributed by atoms with Crippen molar-refractivity contribution in [3.05, 3.63) is 29.8 Å². The van der Waals surface area contributed by atoms with Crippen LogP contribution in [-0.4, -0.2) is 36.4 Å². The van der Waals surface area contributed by atoms with Crippen LogP contribution in [0.25, 0.3) is 0 Å². The van der Waals surface area contributed by atoms with E-state index in [-0.39, 0.29) is 17.7 Å². The number of carbonyl (C=O) groups excluding carboxylic acids is 2. The van der Waals surface area contributed by atoms with Crippen LogP contribution in [0, 0.1) is 11.8 Å². The quantitative estimate of drug-likeness (QED) is 0.905. The number of rotatable bonds is 5. The van der Waals surface area contributed by atoms with E-state index in [2.05, 4.69) is 13.8 Å². The Morgan fingerprint density at radius 2 is 2.18 bits per heavy atom. The highest BCUT2D eigenvalue weighted by Gasteiger charge is 2.27. The van der Waals surface area contributed by atoms with Gasteiger partial charge in [-0.3, -0.25) is 9.59 Å². The largest absolute Gasteiger partial charge is 0.493 e. The van der Waals surface area contributed by atoms with Crippen molar-refractivity contribution in [1.29, 1.82) is 0 Å². The molecule has 2 N–H and O–H groups in total. The van der Waals surface area contributed by atoms with E-state index >= 15 is 0 Å². The molecule has 120 valence electrons. The molecule has 1 fully saturated rings. The van der Waals surface area contributed by atoms with Crippen LogP contribution in [0.1, 0.15) is 37.0 Å². The minimum atomic E-state index is -0.327. The van der Waals surface area contributed by atoms with Crippen LogP contribution in [0.2, 0.25) is 0 Å². The normalized spacial score (nSPS) is 18.3. The van der Waals surface area contributed by atoms with E-state index in [1.54, 1.807) is 17.0 Å². The summed E-state index contributed by atoms with van der Waals surface area (Å²) in [5.41, 5.74) is 5.95. The van der Waals surface area contributed by atoms with Gasteiger partial charge in [-0.1, -0.05) is 19.9 Å². The summed E-state index contributed by atoms with van der Waals surface area (Å²) in [4.78, 5) is 25.6. The number of amides is 2. The number of hydrogen-bond donors (Lipinski definition) is 1. The highest BCUT2D eigenvalue weighted by atomic mass is 16.5. The summed E-state index contributed by atoms with van der Waals surface area (Å²) < 4.78 is 5.66. The number of primary amides is 1.